The van der Waals surface area contributed by atoms with Crippen LogP contribution in [0.25, 0.3) is 0 Å². The van der Waals surface area contributed by atoms with Crippen LogP contribution < -0.4 is 5.32 Å². The van der Waals surface area contributed by atoms with E-state index >= 15 is 0 Å². The van der Waals surface area contributed by atoms with Gasteiger partial charge in [-0.15, -0.1) is 0 Å². The predicted molar refractivity (Wildman–Crippen MR) is 81.7 cm³/mol. The first-order valence-corrected chi connectivity index (χ1v) is 8.68. The van der Waals surface area contributed by atoms with Crippen molar-refractivity contribution in [3.05, 3.63) is 0 Å². The van der Waals surface area contributed by atoms with Crippen molar-refractivity contribution in [2.75, 3.05) is 6.54 Å². The molecule has 2 aliphatic carbocycles. The highest BCUT2D eigenvalue weighted by Gasteiger charge is 2.43. The van der Waals surface area contributed by atoms with Crippen LogP contribution in [0.4, 0.5) is 0 Å². The Balaban J connectivity index is 1.57. The predicted octanol–water partition coefficient (Wildman–Crippen LogP) is 2.62. The fourth-order valence-electron chi connectivity index (χ4n) is 4.31. The molecule has 21 heavy (non-hydrogen) atoms. The van der Waals surface area contributed by atoms with Crippen LogP contribution in [-0.2, 0) is 9.59 Å². The Labute approximate surface area is 127 Å². The lowest BCUT2D eigenvalue weighted by Gasteiger charge is -2.30. The molecule has 1 atom stereocenters. The standard InChI is InChI=1S/C17H28N2O2/c1-17(9-5-6-10-17)12-18-14-11-15(20)19(16(14)21)13-7-3-2-4-8-13/h13-14,18H,2-12H2,1H3. The van der Waals surface area contributed by atoms with E-state index < -0.39 is 0 Å². The summed E-state index contributed by atoms with van der Waals surface area (Å²) in [5.41, 5.74) is 0.321. The molecule has 0 aromatic rings. The summed E-state index contributed by atoms with van der Waals surface area (Å²) in [4.78, 5) is 26.4. The van der Waals surface area contributed by atoms with Crippen molar-refractivity contribution in [2.45, 2.75) is 83.2 Å². The number of nitrogens with zero attached hydrogens (tertiary/aromatic N) is 1. The molecular formula is C17H28N2O2. The van der Waals surface area contributed by atoms with Crippen molar-refractivity contribution in [2.24, 2.45) is 5.41 Å². The number of amides is 2. The highest BCUT2D eigenvalue weighted by molar-refractivity contribution is 6.05. The summed E-state index contributed by atoms with van der Waals surface area (Å²) in [7, 11) is 0. The van der Waals surface area contributed by atoms with E-state index in [1.807, 2.05) is 0 Å². The smallest absolute Gasteiger partial charge is 0.247 e. The third kappa shape index (κ3) is 3.15. The van der Waals surface area contributed by atoms with Gasteiger partial charge in [-0.2, -0.15) is 0 Å². The Bertz CT molecular complexity index is 409. The zero-order valence-corrected chi connectivity index (χ0v) is 13.2. The van der Waals surface area contributed by atoms with Crippen LogP contribution in [0.5, 0.6) is 0 Å². The summed E-state index contributed by atoms with van der Waals surface area (Å²) in [6.45, 7) is 3.17. The molecule has 1 heterocycles. The Morgan fingerprint density at radius 2 is 1.76 bits per heavy atom. The molecule has 0 radical (unpaired) electrons. The third-order valence-corrected chi connectivity index (χ3v) is 5.71. The van der Waals surface area contributed by atoms with Gasteiger partial charge in [-0.3, -0.25) is 14.5 Å². The van der Waals surface area contributed by atoms with Gasteiger partial charge >= 0.3 is 0 Å². The summed E-state index contributed by atoms with van der Waals surface area (Å²) in [5, 5.41) is 3.40. The maximum absolute atomic E-state index is 12.6. The summed E-state index contributed by atoms with van der Waals surface area (Å²) < 4.78 is 0. The van der Waals surface area contributed by atoms with Crippen LogP contribution in [0.3, 0.4) is 0 Å². The van der Waals surface area contributed by atoms with Crippen LogP contribution >= 0.6 is 0 Å². The topological polar surface area (TPSA) is 49.4 Å². The number of nitrogens with one attached hydrogen (secondary N) is 1. The lowest BCUT2D eigenvalue weighted by Crippen LogP contribution is -2.46. The molecule has 1 unspecified atom stereocenters. The molecule has 2 amide bonds. The van der Waals surface area contributed by atoms with Gasteiger partial charge in [-0.05, 0) is 31.1 Å². The van der Waals surface area contributed by atoms with Gasteiger partial charge in [-0.25, -0.2) is 0 Å². The molecule has 3 fully saturated rings. The van der Waals surface area contributed by atoms with E-state index in [4.69, 9.17) is 0 Å². The van der Waals surface area contributed by atoms with Crippen molar-refractivity contribution >= 4 is 11.8 Å². The quantitative estimate of drug-likeness (QED) is 0.810. The van der Waals surface area contributed by atoms with Gasteiger partial charge in [0.05, 0.1) is 12.5 Å². The van der Waals surface area contributed by atoms with E-state index in [1.165, 1.54) is 32.1 Å². The van der Waals surface area contributed by atoms with E-state index in [2.05, 4.69) is 12.2 Å². The first-order valence-electron chi connectivity index (χ1n) is 8.68. The zero-order valence-electron chi connectivity index (χ0n) is 13.2. The third-order valence-electron chi connectivity index (χ3n) is 5.71. The SMILES string of the molecule is CC1(CNC2CC(=O)N(C3CCCCC3)C2=O)CCCC1. The molecule has 0 spiro atoms. The van der Waals surface area contributed by atoms with Gasteiger partial charge in [0.2, 0.25) is 11.8 Å². The van der Waals surface area contributed by atoms with Crippen molar-refractivity contribution in [1.29, 1.82) is 0 Å². The van der Waals surface area contributed by atoms with Crippen LogP contribution in [-0.4, -0.2) is 35.3 Å². The van der Waals surface area contributed by atoms with Crippen LogP contribution in [0.1, 0.15) is 71.1 Å². The molecule has 4 nitrogen and oxygen atoms in total. The lowest BCUT2D eigenvalue weighted by molar-refractivity contribution is -0.142. The number of rotatable bonds is 4. The Morgan fingerprint density at radius 1 is 1.10 bits per heavy atom. The lowest BCUT2D eigenvalue weighted by atomic mass is 9.88. The molecule has 3 aliphatic rings. The van der Waals surface area contributed by atoms with Gasteiger partial charge in [0.25, 0.3) is 0 Å². The molecule has 1 aliphatic heterocycles. The minimum absolute atomic E-state index is 0.0356. The van der Waals surface area contributed by atoms with Crippen LogP contribution in [0.2, 0.25) is 0 Å². The fraction of sp³-hybridized carbons (Fsp3) is 0.882. The van der Waals surface area contributed by atoms with Crippen molar-refractivity contribution in [3.63, 3.8) is 0 Å². The first kappa shape index (κ1) is 15.0. The monoisotopic (exact) mass is 292 g/mol. The Kier molecular flexibility index (Phi) is 4.34. The number of hydrogen-bond donors (Lipinski definition) is 1. The van der Waals surface area contributed by atoms with Gasteiger partial charge < -0.3 is 5.32 Å². The molecule has 0 aromatic heterocycles. The molecular weight excluding hydrogens is 264 g/mol. The molecule has 1 N–H and O–H groups in total. The van der Waals surface area contributed by atoms with E-state index in [9.17, 15) is 9.59 Å². The van der Waals surface area contributed by atoms with Gasteiger partial charge in [-0.1, -0.05) is 39.0 Å². The normalized spacial score (nSPS) is 30.3. The van der Waals surface area contributed by atoms with Gasteiger partial charge in [0, 0.05) is 12.6 Å². The minimum Gasteiger partial charge on any atom is -0.305 e. The van der Waals surface area contributed by atoms with Crippen molar-refractivity contribution in [1.82, 2.24) is 10.2 Å². The molecule has 2 saturated carbocycles. The average molecular weight is 292 g/mol. The number of hydrogen-bond acceptors (Lipinski definition) is 3. The summed E-state index contributed by atoms with van der Waals surface area (Å²) >= 11 is 0. The Morgan fingerprint density at radius 3 is 2.43 bits per heavy atom. The Hall–Kier alpha value is -0.900. The summed E-state index contributed by atoms with van der Waals surface area (Å²) in [6.07, 6.45) is 11.0. The van der Waals surface area contributed by atoms with Crippen LogP contribution in [0, 0.1) is 5.41 Å². The molecule has 1 saturated heterocycles. The number of carbonyl (C=O) groups is 2. The molecule has 118 valence electrons. The average Bonchev–Trinajstić information content (AvgIpc) is 3.03. The molecule has 3 rings (SSSR count). The van der Waals surface area contributed by atoms with Gasteiger partial charge in [0.1, 0.15) is 0 Å². The second-order valence-corrected chi connectivity index (χ2v) is 7.55. The maximum Gasteiger partial charge on any atom is 0.247 e. The molecule has 0 aromatic carbocycles. The number of carbonyl (C=O) groups excluding carboxylic acids is 2. The zero-order chi connectivity index (χ0) is 14.9. The van der Waals surface area contributed by atoms with Crippen LogP contribution in [0.15, 0.2) is 0 Å². The van der Waals surface area contributed by atoms with E-state index in [0.29, 0.717) is 11.8 Å². The second kappa shape index (κ2) is 6.07. The van der Waals surface area contributed by atoms with Gasteiger partial charge in [0.15, 0.2) is 0 Å². The largest absolute Gasteiger partial charge is 0.305 e. The van der Waals surface area contributed by atoms with Crippen molar-refractivity contribution < 1.29 is 9.59 Å². The van der Waals surface area contributed by atoms with Crippen molar-refractivity contribution in [3.8, 4) is 0 Å². The highest BCUT2D eigenvalue weighted by atomic mass is 16.2. The molecule has 4 heteroatoms. The fourth-order valence-corrected chi connectivity index (χ4v) is 4.31. The number of imide groups is 1. The van der Waals surface area contributed by atoms with E-state index in [0.717, 1.165) is 32.2 Å². The van der Waals surface area contributed by atoms with E-state index in [1.54, 1.807) is 4.90 Å². The number of likely N-dealkylation sites (tertiary alicyclic amines) is 1. The maximum atomic E-state index is 12.6. The molecule has 0 bridgehead atoms. The van der Waals surface area contributed by atoms with E-state index in [-0.39, 0.29) is 23.9 Å². The highest BCUT2D eigenvalue weighted by Crippen LogP contribution is 2.37. The minimum atomic E-state index is -0.267. The summed E-state index contributed by atoms with van der Waals surface area (Å²) in [6, 6.07) is -0.0931. The second-order valence-electron chi connectivity index (χ2n) is 7.55. The summed E-state index contributed by atoms with van der Waals surface area (Å²) in [5.74, 6) is 0.0782. The first-order chi connectivity index (χ1) is 10.1.